The van der Waals surface area contributed by atoms with Crippen molar-refractivity contribution in [3.8, 4) is 0 Å². The van der Waals surface area contributed by atoms with Gasteiger partial charge in [0, 0.05) is 15.9 Å². The van der Waals surface area contributed by atoms with Gasteiger partial charge in [-0.25, -0.2) is 0 Å². The summed E-state index contributed by atoms with van der Waals surface area (Å²) >= 11 is 2.51. The minimum atomic E-state index is 0.384. The van der Waals surface area contributed by atoms with E-state index in [1.807, 2.05) is 0 Å². The van der Waals surface area contributed by atoms with Crippen LogP contribution in [0.1, 0.15) is 12.8 Å². The molecule has 74 valence electrons. The highest BCUT2D eigenvalue weighted by Gasteiger charge is 2.39. The summed E-state index contributed by atoms with van der Waals surface area (Å²) in [6, 6.07) is 0.384. The van der Waals surface area contributed by atoms with Gasteiger partial charge in [0.2, 0.25) is 0 Å². The van der Waals surface area contributed by atoms with E-state index in [1.165, 1.54) is 18.4 Å². The molecular formula is C12H14IN. The molecule has 3 aliphatic rings. The van der Waals surface area contributed by atoms with E-state index >= 15 is 0 Å². The van der Waals surface area contributed by atoms with Crippen LogP contribution in [-0.2, 0) is 0 Å². The highest BCUT2D eigenvalue weighted by Crippen LogP contribution is 2.46. The van der Waals surface area contributed by atoms with Crippen LogP contribution in [0.25, 0.3) is 0 Å². The van der Waals surface area contributed by atoms with Gasteiger partial charge in [0.05, 0.1) is 0 Å². The third kappa shape index (κ3) is 1.23. The van der Waals surface area contributed by atoms with Gasteiger partial charge in [-0.1, -0.05) is 52.5 Å². The molecule has 0 aromatic carbocycles. The molecule has 0 bridgehead atoms. The maximum absolute atomic E-state index is 6.10. The van der Waals surface area contributed by atoms with E-state index in [2.05, 4.69) is 46.9 Å². The first-order valence-electron chi connectivity index (χ1n) is 5.25. The van der Waals surface area contributed by atoms with Gasteiger partial charge in [-0.3, -0.25) is 0 Å². The molecule has 2 N–H and O–H groups in total. The SMILES string of the molecule is NC1CC2CC3C=CC=C3C=C2C1I. The average molecular weight is 299 g/mol. The molecule has 1 nitrogen and oxygen atoms in total. The summed E-state index contributed by atoms with van der Waals surface area (Å²) in [6.07, 6.45) is 11.7. The average Bonchev–Trinajstić information content (AvgIpc) is 2.70. The molecule has 4 unspecified atom stereocenters. The van der Waals surface area contributed by atoms with Crippen LogP contribution in [0.2, 0.25) is 0 Å². The lowest BCUT2D eigenvalue weighted by molar-refractivity contribution is 0.488. The van der Waals surface area contributed by atoms with Crippen molar-refractivity contribution in [1.29, 1.82) is 0 Å². The van der Waals surface area contributed by atoms with Crippen LogP contribution >= 0.6 is 22.6 Å². The van der Waals surface area contributed by atoms with Crippen molar-refractivity contribution >= 4 is 22.6 Å². The Morgan fingerprint density at radius 1 is 1.36 bits per heavy atom. The Kier molecular flexibility index (Phi) is 2.10. The summed E-state index contributed by atoms with van der Waals surface area (Å²) in [6.45, 7) is 0. The first kappa shape index (κ1) is 9.16. The highest BCUT2D eigenvalue weighted by molar-refractivity contribution is 14.1. The van der Waals surface area contributed by atoms with Crippen LogP contribution in [0.5, 0.6) is 0 Å². The summed E-state index contributed by atoms with van der Waals surface area (Å²) in [5, 5.41) is 0. The number of allylic oxidation sites excluding steroid dienone is 5. The number of alkyl halides is 1. The van der Waals surface area contributed by atoms with E-state index in [0.717, 1.165) is 5.92 Å². The lowest BCUT2D eigenvalue weighted by Gasteiger charge is -2.24. The van der Waals surface area contributed by atoms with E-state index in [4.69, 9.17) is 5.73 Å². The molecule has 3 rings (SSSR count). The Hall–Kier alpha value is -0.0900. The van der Waals surface area contributed by atoms with Crippen molar-refractivity contribution in [2.75, 3.05) is 0 Å². The Morgan fingerprint density at radius 3 is 3.07 bits per heavy atom. The van der Waals surface area contributed by atoms with Gasteiger partial charge in [-0.05, 0) is 24.3 Å². The minimum Gasteiger partial charge on any atom is -0.326 e. The van der Waals surface area contributed by atoms with E-state index < -0.39 is 0 Å². The second kappa shape index (κ2) is 3.20. The zero-order valence-electron chi connectivity index (χ0n) is 7.99. The number of halogens is 1. The molecule has 0 aromatic rings. The highest BCUT2D eigenvalue weighted by atomic mass is 127. The Bertz CT molecular complexity index is 353. The Balaban J connectivity index is 1.98. The summed E-state index contributed by atoms with van der Waals surface area (Å²) in [5.41, 5.74) is 9.21. The maximum atomic E-state index is 6.10. The number of nitrogens with two attached hydrogens (primary N) is 1. The molecule has 0 amide bonds. The van der Waals surface area contributed by atoms with Crippen LogP contribution in [0.3, 0.4) is 0 Å². The van der Waals surface area contributed by atoms with Crippen LogP contribution in [0.4, 0.5) is 0 Å². The summed E-state index contributed by atoms with van der Waals surface area (Å²) in [4.78, 5) is 0. The fourth-order valence-electron chi connectivity index (χ4n) is 2.89. The Labute approximate surface area is 98.3 Å². The summed E-state index contributed by atoms with van der Waals surface area (Å²) in [5.74, 6) is 1.45. The van der Waals surface area contributed by atoms with Gasteiger partial charge in [0.1, 0.15) is 0 Å². The maximum Gasteiger partial charge on any atom is 0.0476 e. The second-order valence-electron chi connectivity index (χ2n) is 4.54. The van der Waals surface area contributed by atoms with Crippen LogP contribution < -0.4 is 5.73 Å². The van der Waals surface area contributed by atoms with Crippen molar-refractivity contribution in [2.45, 2.75) is 22.8 Å². The van der Waals surface area contributed by atoms with Crippen LogP contribution in [-0.4, -0.2) is 9.97 Å². The summed E-state index contributed by atoms with van der Waals surface area (Å²) < 4.78 is 0.569. The molecule has 4 atom stereocenters. The number of hydrogen-bond donors (Lipinski definition) is 1. The van der Waals surface area contributed by atoms with Crippen molar-refractivity contribution in [3.63, 3.8) is 0 Å². The zero-order chi connectivity index (χ0) is 9.71. The number of fused-ring (bicyclic) bond motifs is 2. The van der Waals surface area contributed by atoms with Crippen LogP contribution in [0.15, 0.2) is 35.5 Å². The fraction of sp³-hybridized carbons (Fsp3) is 0.500. The van der Waals surface area contributed by atoms with Gasteiger partial charge in [0.25, 0.3) is 0 Å². The molecule has 3 aliphatic carbocycles. The van der Waals surface area contributed by atoms with E-state index in [9.17, 15) is 0 Å². The standard InChI is InChI=1S/C12H14IN/c13-12-10-5-8-3-1-2-7(8)4-9(10)6-11(12)14/h1-3,5,7,9,11-12H,4,6,14H2. The first-order valence-corrected chi connectivity index (χ1v) is 6.50. The Morgan fingerprint density at radius 2 is 2.21 bits per heavy atom. The molecular weight excluding hydrogens is 285 g/mol. The van der Waals surface area contributed by atoms with Crippen molar-refractivity contribution in [2.24, 2.45) is 17.6 Å². The lowest BCUT2D eigenvalue weighted by Crippen LogP contribution is -2.24. The molecule has 1 saturated carbocycles. The molecule has 0 aliphatic heterocycles. The predicted molar refractivity (Wildman–Crippen MR) is 67.3 cm³/mol. The minimum absolute atomic E-state index is 0.384. The monoisotopic (exact) mass is 299 g/mol. The normalized spacial score (nSPS) is 44.4. The molecule has 0 heterocycles. The van der Waals surface area contributed by atoms with Crippen LogP contribution in [0, 0.1) is 11.8 Å². The van der Waals surface area contributed by atoms with Crippen molar-refractivity contribution < 1.29 is 0 Å². The molecule has 1 fully saturated rings. The van der Waals surface area contributed by atoms with Gasteiger partial charge < -0.3 is 5.73 Å². The predicted octanol–water partition coefficient (Wildman–Crippen LogP) is 2.58. The summed E-state index contributed by atoms with van der Waals surface area (Å²) in [7, 11) is 0. The molecule has 2 heteroatoms. The van der Waals surface area contributed by atoms with Crippen molar-refractivity contribution in [3.05, 3.63) is 35.5 Å². The van der Waals surface area contributed by atoms with Gasteiger partial charge >= 0.3 is 0 Å². The van der Waals surface area contributed by atoms with Gasteiger partial charge in [0.15, 0.2) is 0 Å². The number of rotatable bonds is 0. The zero-order valence-corrected chi connectivity index (χ0v) is 10.1. The molecule has 0 spiro atoms. The topological polar surface area (TPSA) is 26.0 Å². The van der Waals surface area contributed by atoms with E-state index in [-0.39, 0.29) is 0 Å². The second-order valence-corrected chi connectivity index (χ2v) is 5.88. The van der Waals surface area contributed by atoms with Gasteiger partial charge in [-0.2, -0.15) is 0 Å². The fourth-order valence-corrected chi connectivity index (χ4v) is 3.87. The molecule has 0 radical (unpaired) electrons. The number of hydrogen-bond acceptors (Lipinski definition) is 1. The third-order valence-corrected chi connectivity index (χ3v) is 5.30. The van der Waals surface area contributed by atoms with Crippen molar-refractivity contribution in [1.82, 2.24) is 0 Å². The molecule has 0 saturated heterocycles. The van der Waals surface area contributed by atoms with Gasteiger partial charge in [-0.15, -0.1) is 0 Å². The van der Waals surface area contributed by atoms with E-state index in [1.54, 1.807) is 5.57 Å². The largest absolute Gasteiger partial charge is 0.326 e. The molecule has 0 aromatic heterocycles. The van der Waals surface area contributed by atoms with E-state index in [0.29, 0.717) is 15.9 Å². The smallest absolute Gasteiger partial charge is 0.0476 e. The quantitative estimate of drug-likeness (QED) is 0.540. The lowest BCUT2D eigenvalue weighted by atomic mass is 9.81. The first-order chi connectivity index (χ1) is 6.75. The third-order valence-electron chi connectivity index (χ3n) is 3.65. The molecule has 14 heavy (non-hydrogen) atoms.